The minimum atomic E-state index is -0.333. The summed E-state index contributed by atoms with van der Waals surface area (Å²) in [6.07, 6.45) is 4.48. The predicted molar refractivity (Wildman–Crippen MR) is 105 cm³/mol. The summed E-state index contributed by atoms with van der Waals surface area (Å²) in [6, 6.07) is 8.74. The van der Waals surface area contributed by atoms with Gasteiger partial charge in [0, 0.05) is 30.5 Å². The van der Waals surface area contributed by atoms with Crippen LogP contribution in [0.2, 0.25) is 0 Å². The highest BCUT2D eigenvalue weighted by atomic mass is 32.1. The van der Waals surface area contributed by atoms with Crippen molar-refractivity contribution in [2.75, 3.05) is 18.0 Å². The summed E-state index contributed by atoms with van der Waals surface area (Å²) in [6.45, 7) is 10.6. The van der Waals surface area contributed by atoms with E-state index in [0.29, 0.717) is 0 Å². The van der Waals surface area contributed by atoms with Gasteiger partial charge in [0.05, 0.1) is 16.0 Å². The van der Waals surface area contributed by atoms with Crippen LogP contribution < -0.4 is 9.68 Å². The quantitative estimate of drug-likeness (QED) is 0.786. The van der Waals surface area contributed by atoms with Gasteiger partial charge in [-0.2, -0.15) is 0 Å². The Morgan fingerprint density at radius 1 is 1.00 bits per heavy atom. The first-order valence-electron chi connectivity index (χ1n) is 9.02. The first-order valence-corrected chi connectivity index (χ1v) is 9.84. The number of aromatic nitrogens is 1. The molecule has 1 aromatic carbocycles. The van der Waals surface area contributed by atoms with Crippen molar-refractivity contribution in [3.8, 4) is 10.6 Å². The highest BCUT2D eigenvalue weighted by Crippen LogP contribution is 2.37. The summed E-state index contributed by atoms with van der Waals surface area (Å²) in [4.78, 5) is 7.04. The predicted octanol–water partition coefficient (Wildman–Crippen LogP) is 3.71. The van der Waals surface area contributed by atoms with Crippen LogP contribution in [0.15, 0.2) is 30.5 Å². The van der Waals surface area contributed by atoms with E-state index >= 15 is 0 Å². The molecule has 6 heteroatoms. The van der Waals surface area contributed by atoms with Crippen LogP contribution in [0.25, 0.3) is 10.6 Å². The standard InChI is InChI=1S/C19H25BN2O2S/c1-18(2)19(3,4)24-20(23-18)16-13-21-17(25-16)14-7-9-15(10-8-14)22-11-5-6-12-22/h7-10,13H,5-6,11-12H2,1-4H3. The minimum Gasteiger partial charge on any atom is -0.399 e. The third kappa shape index (κ3) is 3.11. The van der Waals surface area contributed by atoms with Crippen LogP contribution in [0.5, 0.6) is 0 Å². The fourth-order valence-corrected chi connectivity index (χ4v) is 4.16. The fourth-order valence-electron chi connectivity index (χ4n) is 3.28. The molecule has 0 bridgehead atoms. The number of nitrogens with zero attached hydrogens (tertiary/aromatic N) is 2. The SMILES string of the molecule is CC1(C)OB(c2cnc(-c3ccc(N4CCCC4)cc3)s2)OC1(C)C. The van der Waals surface area contributed by atoms with Gasteiger partial charge in [-0.15, -0.1) is 11.3 Å². The van der Waals surface area contributed by atoms with E-state index in [4.69, 9.17) is 9.31 Å². The molecular weight excluding hydrogens is 331 g/mol. The van der Waals surface area contributed by atoms with Crippen LogP contribution in [0.1, 0.15) is 40.5 Å². The minimum absolute atomic E-state index is 0.320. The molecule has 2 aliphatic rings. The van der Waals surface area contributed by atoms with E-state index < -0.39 is 0 Å². The highest BCUT2D eigenvalue weighted by Gasteiger charge is 2.52. The molecular formula is C19H25BN2O2S. The molecule has 0 N–H and O–H groups in total. The van der Waals surface area contributed by atoms with Crippen molar-refractivity contribution in [2.24, 2.45) is 0 Å². The van der Waals surface area contributed by atoms with Gasteiger partial charge < -0.3 is 14.2 Å². The molecule has 2 aromatic rings. The molecule has 3 heterocycles. The van der Waals surface area contributed by atoms with E-state index in [1.807, 2.05) is 6.20 Å². The maximum Gasteiger partial charge on any atom is 0.507 e. The first kappa shape index (κ1) is 17.1. The lowest BCUT2D eigenvalue weighted by atomic mass is 9.89. The van der Waals surface area contributed by atoms with Crippen LogP contribution in [0.4, 0.5) is 5.69 Å². The van der Waals surface area contributed by atoms with Crippen molar-refractivity contribution in [3.63, 3.8) is 0 Å². The summed E-state index contributed by atoms with van der Waals surface area (Å²) in [5.74, 6) is 0. The molecule has 4 rings (SSSR count). The molecule has 1 aromatic heterocycles. The van der Waals surface area contributed by atoms with Crippen LogP contribution in [-0.4, -0.2) is 36.4 Å². The summed E-state index contributed by atoms with van der Waals surface area (Å²) < 4.78 is 13.3. The number of hydrogen-bond acceptors (Lipinski definition) is 5. The Hall–Kier alpha value is -1.37. The van der Waals surface area contributed by atoms with Crippen LogP contribution in [0, 0.1) is 0 Å². The van der Waals surface area contributed by atoms with E-state index in [9.17, 15) is 0 Å². The average Bonchev–Trinajstić information content (AvgIpc) is 3.28. The second-order valence-electron chi connectivity index (χ2n) is 7.90. The molecule has 0 aliphatic carbocycles. The molecule has 2 fully saturated rings. The zero-order valence-electron chi connectivity index (χ0n) is 15.4. The Kier molecular flexibility index (Phi) is 4.17. The van der Waals surface area contributed by atoms with Gasteiger partial charge in [0.15, 0.2) is 0 Å². The van der Waals surface area contributed by atoms with E-state index in [-0.39, 0.29) is 18.3 Å². The van der Waals surface area contributed by atoms with Crippen molar-refractivity contribution >= 4 is 28.9 Å². The molecule has 0 radical (unpaired) electrons. The van der Waals surface area contributed by atoms with Crippen LogP contribution in [-0.2, 0) is 9.31 Å². The summed E-state index contributed by atoms with van der Waals surface area (Å²) in [5.41, 5.74) is 1.82. The van der Waals surface area contributed by atoms with E-state index in [2.05, 4.69) is 61.8 Å². The summed E-state index contributed by atoms with van der Waals surface area (Å²) >= 11 is 1.65. The van der Waals surface area contributed by atoms with Crippen molar-refractivity contribution in [1.29, 1.82) is 0 Å². The second-order valence-corrected chi connectivity index (χ2v) is 8.96. The van der Waals surface area contributed by atoms with Crippen molar-refractivity contribution < 1.29 is 9.31 Å². The zero-order chi connectivity index (χ0) is 17.7. The zero-order valence-corrected chi connectivity index (χ0v) is 16.2. The Morgan fingerprint density at radius 3 is 2.20 bits per heavy atom. The van der Waals surface area contributed by atoms with Crippen molar-refractivity contribution in [3.05, 3.63) is 30.5 Å². The third-order valence-electron chi connectivity index (χ3n) is 5.59. The van der Waals surface area contributed by atoms with Crippen LogP contribution >= 0.6 is 11.3 Å². The Bertz CT molecular complexity index is 735. The first-order chi connectivity index (χ1) is 11.9. The molecule has 0 spiro atoms. The second kappa shape index (κ2) is 6.11. The van der Waals surface area contributed by atoms with Gasteiger partial charge >= 0.3 is 7.12 Å². The van der Waals surface area contributed by atoms with E-state index in [1.165, 1.54) is 31.6 Å². The number of anilines is 1. The molecule has 25 heavy (non-hydrogen) atoms. The molecule has 0 unspecified atom stereocenters. The molecule has 4 nitrogen and oxygen atoms in total. The number of benzene rings is 1. The highest BCUT2D eigenvalue weighted by molar-refractivity contribution is 7.24. The Balaban J connectivity index is 1.52. The number of thiazole rings is 1. The lowest BCUT2D eigenvalue weighted by molar-refractivity contribution is 0.00578. The van der Waals surface area contributed by atoms with Gasteiger partial charge in [0.1, 0.15) is 5.01 Å². The molecule has 0 saturated carbocycles. The van der Waals surface area contributed by atoms with Gasteiger partial charge in [-0.3, -0.25) is 0 Å². The maximum atomic E-state index is 6.13. The molecule has 0 amide bonds. The van der Waals surface area contributed by atoms with Gasteiger partial charge in [-0.25, -0.2) is 4.98 Å². The molecule has 2 aliphatic heterocycles. The average molecular weight is 356 g/mol. The Labute approximate surface area is 154 Å². The lowest BCUT2D eigenvalue weighted by Gasteiger charge is -2.32. The van der Waals surface area contributed by atoms with Gasteiger partial charge in [-0.05, 0) is 64.8 Å². The summed E-state index contributed by atoms with van der Waals surface area (Å²) in [7, 11) is -0.333. The van der Waals surface area contributed by atoms with E-state index in [1.54, 1.807) is 11.3 Å². The van der Waals surface area contributed by atoms with Crippen molar-refractivity contribution in [1.82, 2.24) is 4.98 Å². The van der Waals surface area contributed by atoms with Crippen LogP contribution in [0.3, 0.4) is 0 Å². The van der Waals surface area contributed by atoms with E-state index in [0.717, 1.165) is 15.3 Å². The maximum absolute atomic E-state index is 6.13. The smallest absolute Gasteiger partial charge is 0.399 e. The number of hydrogen-bond donors (Lipinski definition) is 0. The van der Waals surface area contributed by atoms with Gasteiger partial charge in [0.2, 0.25) is 0 Å². The topological polar surface area (TPSA) is 34.6 Å². The van der Waals surface area contributed by atoms with Crippen molar-refractivity contribution in [2.45, 2.75) is 51.7 Å². The molecule has 0 atom stereocenters. The monoisotopic (exact) mass is 356 g/mol. The third-order valence-corrected chi connectivity index (χ3v) is 6.66. The normalized spacial score (nSPS) is 21.9. The molecule has 2 saturated heterocycles. The molecule has 132 valence electrons. The Morgan fingerprint density at radius 2 is 1.60 bits per heavy atom. The van der Waals surface area contributed by atoms with Gasteiger partial charge in [-0.1, -0.05) is 0 Å². The van der Waals surface area contributed by atoms with Gasteiger partial charge in [0.25, 0.3) is 0 Å². The largest absolute Gasteiger partial charge is 0.507 e. The number of rotatable bonds is 3. The lowest BCUT2D eigenvalue weighted by Crippen LogP contribution is -2.41. The summed E-state index contributed by atoms with van der Waals surface area (Å²) in [5, 5.41) is 1.01. The fraction of sp³-hybridized carbons (Fsp3) is 0.526.